The van der Waals surface area contributed by atoms with Gasteiger partial charge in [0, 0.05) is 17.3 Å². The molecule has 28 heavy (non-hydrogen) atoms. The minimum absolute atomic E-state index is 0.0886. The summed E-state index contributed by atoms with van der Waals surface area (Å²) in [7, 11) is 0. The second kappa shape index (κ2) is 8.66. The van der Waals surface area contributed by atoms with Gasteiger partial charge in [0.05, 0.1) is 11.3 Å². The van der Waals surface area contributed by atoms with Crippen LogP contribution in [0.4, 0.5) is 5.00 Å². The van der Waals surface area contributed by atoms with Gasteiger partial charge in [-0.05, 0) is 51.0 Å². The van der Waals surface area contributed by atoms with Gasteiger partial charge in [0.25, 0.3) is 0 Å². The standard InChI is InChI=1S/C20H25N5OS2/c1-2-25-18(13-9-10-13)23-24-20(25)27-12-17(26)22-19-15(11-21)14-7-5-3-4-6-8-16(14)28-19/h13H,2-10,12H2,1H3,(H,22,26). The molecule has 1 fully saturated rings. The third-order valence-corrected chi connectivity index (χ3v) is 7.55. The molecular formula is C20H25N5OS2. The summed E-state index contributed by atoms with van der Waals surface area (Å²) in [5, 5.41) is 22.8. The Kier molecular flexibility index (Phi) is 6.02. The Bertz CT molecular complexity index is 907. The summed E-state index contributed by atoms with van der Waals surface area (Å²) in [6, 6.07) is 2.33. The Morgan fingerprint density at radius 3 is 2.79 bits per heavy atom. The van der Waals surface area contributed by atoms with Gasteiger partial charge in [-0.2, -0.15) is 5.26 Å². The topological polar surface area (TPSA) is 83.6 Å². The molecule has 0 spiro atoms. The number of thiophene rings is 1. The van der Waals surface area contributed by atoms with E-state index >= 15 is 0 Å². The van der Waals surface area contributed by atoms with Crippen molar-refractivity contribution in [1.82, 2.24) is 14.8 Å². The summed E-state index contributed by atoms with van der Waals surface area (Å²) in [5.41, 5.74) is 1.84. The van der Waals surface area contributed by atoms with Gasteiger partial charge in [-0.1, -0.05) is 24.6 Å². The first-order valence-electron chi connectivity index (χ1n) is 10.1. The van der Waals surface area contributed by atoms with Gasteiger partial charge < -0.3 is 9.88 Å². The monoisotopic (exact) mass is 415 g/mol. The molecule has 0 aromatic carbocycles. The summed E-state index contributed by atoms with van der Waals surface area (Å²) in [6.45, 7) is 2.90. The first-order valence-corrected chi connectivity index (χ1v) is 11.9. The molecule has 6 nitrogen and oxygen atoms in total. The highest BCUT2D eigenvalue weighted by molar-refractivity contribution is 7.99. The lowest BCUT2D eigenvalue weighted by Crippen LogP contribution is -2.14. The molecule has 2 aromatic rings. The molecule has 2 aliphatic carbocycles. The number of amides is 1. The molecule has 1 amide bonds. The van der Waals surface area contributed by atoms with E-state index in [1.165, 1.54) is 42.3 Å². The summed E-state index contributed by atoms with van der Waals surface area (Å²) in [5.74, 6) is 1.78. The molecule has 0 aliphatic heterocycles. The average Bonchev–Trinajstić information content (AvgIpc) is 3.36. The fourth-order valence-electron chi connectivity index (χ4n) is 3.77. The van der Waals surface area contributed by atoms with E-state index in [4.69, 9.17) is 0 Å². The molecule has 4 rings (SSSR count). The molecule has 0 unspecified atom stereocenters. The zero-order chi connectivity index (χ0) is 19.5. The second-order valence-corrected chi connectivity index (χ2v) is 9.48. The Balaban J connectivity index is 1.43. The predicted octanol–water partition coefficient (Wildman–Crippen LogP) is 4.50. The van der Waals surface area contributed by atoms with Gasteiger partial charge in [-0.3, -0.25) is 4.79 Å². The van der Waals surface area contributed by atoms with E-state index < -0.39 is 0 Å². The molecule has 0 saturated heterocycles. The van der Waals surface area contributed by atoms with Crippen LogP contribution in [0.15, 0.2) is 5.16 Å². The maximum absolute atomic E-state index is 12.6. The fourth-order valence-corrected chi connectivity index (χ4v) is 5.83. The number of aromatic nitrogens is 3. The molecule has 148 valence electrons. The summed E-state index contributed by atoms with van der Waals surface area (Å²) >= 11 is 3.01. The molecule has 0 atom stereocenters. The number of carbonyl (C=O) groups excluding carboxylic acids is 1. The zero-order valence-corrected chi connectivity index (χ0v) is 17.8. The quantitative estimate of drug-likeness (QED) is 0.702. The number of anilines is 1. The van der Waals surface area contributed by atoms with Crippen molar-refractivity contribution in [2.45, 2.75) is 75.9 Å². The summed E-state index contributed by atoms with van der Waals surface area (Å²) < 4.78 is 2.12. The smallest absolute Gasteiger partial charge is 0.235 e. The van der Waals surface area contributed by atoms with Crippen LogP contribution in [0, 0.1) is 11.3 Å². The van der Waals surface area contributed by atoms with Crippen molar-refractivity contribution >= 4 is 34.0 Å². The highest BCUT2D eigenvalue weighted by Gasteiger charge is 2.30. The molecule has 0 radical (unpaired) electrons. The van der Waals surface area contributed by atoms with Crippen LogP contribution < -0.4 is 5.32 Å². The third-order valence-electron chi connectivity index (χ3n) is 5.37. The van der Waals surface area contributed by atoms with Gasteiger partial charge >= 0.3 is 0 Å². The molecule has 1 N–H and O–H groups in total. The van der Waals surface area contributed by atoms with Crippen molar-refractivity contribution in [3.63, 3.8) is 0 Å². The SMILES string of the molecule is CCn1c(SCC(=O)Nc2sc3c(c2C#N)CCCCCC3)nnc1C1CC1. The number of nitrogens with one attached hydrogen (secondary N) is 1. The highest BCUT2D eigenvalue weighted by Crippen LogP contribution is 2.40. The average molecular weight is 416 g/mol. The molecule has 0 bridgehead atoms. The van der Waals surface area contributed by atoms with Crippen LogP contribution in [0.5, 0.6) is 0 Å². The summed E-state index contributed by atoms with van der Waals surface area (Å²) in [4.78, 5) is 13.8. The van der Waals surface area contributed by atoms with Crippen LogP contribution >= 0.6 is 23.1 Å². The Morgan fingerprint density at radius 1 is 1.29 bits per heavy atom. The number of thioether (sulfide) groups is 1. The number of fused-ring (bicyclic) bond motifs is 1. The van der Waals surface area contributed by atoms with E-state index in [1.54, 1.807) is 11.3 Å². The molecule has 2 aromatic heterocycles. The number of aryl methyl sites for hydroxylation is 1. The molecule has 8 heteroatoms. The van der Waals surface area contributed by atoms with Crippen molar-refractivity contribution in [2.24, 2.45) is 0 Å². The van der Waals surface area contributed by atoms with Gasteiger partial charge in [0.2, 0.25) is 5.91 Å². The van der Waals surface area contributed by atoms with Gasteiger partial charge in [-0.15, -0.1) is 21.5 Å². The normalized spacial score (nSPS) is 16.7. The fraction of sp³-hybridized carbons (Fsp3) is 0.600. The minimum atomic E-state index is -0.0886. The maximum Gasteiger partial charge on any atom is 0.235 e. The Hall–Kier alpha value is -1.85. The van der Waals surface area contributed by atoms with Crippen LogP contribution in [-0.2, 0) is 24.2 Å². The van der Waals surface area contributed by atoms with Gasteiger partial charge in [0.15, 0.2) is 5.16 Å². The number of nitrogens with zero attached hydrogens (tertiary/aromatic N) is 4. The largest absolute Gasteiger partial charge is 0.316 e. The van der Waals surface area contributed by atoms with E-state index in [0.717, 1.165) is 53.8 Å². The van der Waals surface area contributed by atoms with Crippen LogP contribution in [0.25, 0.3) is 0 Å². The van der Waals surface area contributed by atoms with E-state index in [1.807, 2.05) is 0 Å². The lowest BCUT2D eigenvalue weighted by Gasteiger charge is -2.08. The number of nitriles is 1. The Labute approximate surface area is 173 Å². The zero-order valence-electron chi connectivity index (χ0n) is 16.2. The molecule has 2 aliphatic rings. The lowest BCUT2D eigenvalue weighted by atomic mass is 9.97. The van der Waals surface area contributed by atoms with E-state index in [0.29, 0.717) is 11.5 Å². The summed E-state index contributed by atoms with van der Waals surface area (Å²) in [6.07, 6.45) is 9.09. The predicted molar refractivity (Wildman–Crippen MR) is 112 cm³/mol. The van der Waals surface area contributed by atoms with Crippen molar-refractivity contribution in [3.8, 4) is 6.07 Å². The number of carbonyl (C=O) groups is 1. The van der Waals surface area contributed by atoms with Crippen LogP contribution in [0.3, 0.4) is 0 Å². The van der Waals surface area contributed by atoms with E-state index in [-0.39, 0.29) is 11.7 Å². The lowest BCUT2D eigenvalue weighted by molar-refractivity contribution is -0.113. The van der Waals surface area contributed by atoms with E-state index in [2.05, 4.69) is 33.1 Å². The maximum atomic E-state index is 12.6. The second-order valence-electron chi connectivity index (χ2n) is 7.43. The van der Waals surface area contributed by atoms with Gasteiger partial charge in [-0.25, -0.2) is 0 Å². The molecule has 1 saturated carbocycles. The van der Waals surface area contributed by atoms with Crippen LogP contribution in [0.2, 0.25) is 0 Å². The number of rotatable bonds is 6. The first kappa shape index (κ1) is 19.5. The van der Waals surface area contributed by atoms with Gasteiger partial charge in [0.1, 0.15) is 16.9 Å². The molecular weight excluding hydrogens is 390 g/mol. The van der Waals surface area contributed by atoms with Crippen molar-refractivity contribution in [1.29, 1.82) is 5.26 Å². The van der Waals surface area contributed by atoms with Crippen LogP contribution in [0.1, 0.15) is 73.2 Å². The highest BCUT2D eigenvalue weighted by atomic mass is 32.2. The minimum Gasteiger partial charge on any atom is -0.316 e. The Morgan fingerprint density at radius 2 is 2.07 bits per heavy atom. The van der Waals surface area contributed by atoms with Crippen LogP contribution in [-0.4, -0.2) is 26.4 Å². The molecule has 2 heterocycles. The van der Waals surface area contributed by atoms with Crippen molar-refractivity contribution < 1.29 is 4.79 Å². The van der Waals surface area contributed by atoms with Crippen molar-refractivity contribution in [3.05, 3.63) is 21.8 Å². The number of hydrogen-bond acceptors (Lipinski definition) is 6. The number of hydrogen-bond donors (Lipinski definition) is 1. The van der Waals surface area contributed by atoms with Crippen molar-refractivity contribution in [2.75, 3.05) is 11.1 Å². The first-order chi connectivity index (χ1) is 13.7. The van der Waals surface area contributed by atoms with E-state index in [9.17, 15) is 10.1 Å². The third kappa shape index (κ3) is 4.11.